The highest BCUT2D eigenvalue weighted by molar-refractivity contribution is 5.24. The fourth-order valence-corrected chi connectivity index (χ4v) is 3.36. The average molecular weight is 282 g/mol. The first-order valence-corrected chi connectivity index (χ1v) is 7.51. The quantitative estimate of drug-likeness (QED) is 0.891. The molecule has 1 aromatic rings. The van der Waals surface area contributed by atoms with E-state index in [-0.39, 0.29) is 17.7 Å². The molecule has 1 aromatic carbocycles. The van der Waals surface area contributed by atoms with E-state index in [4.69, 9.17) is 0 Å². The molecule has 4 heteroatoms. The highest BCUT2D eigenvalue weighted by Crippen LogP contribution is 2.37. The smallest absolute Gasteiger partial charge is 0.128 e. The summed E-state index contributed by atoms with van der Waals surface area (Å²) >= 11 is 0. The SMILES string of the molecule is CCCN1CCCC(CNC)C1c1cc(F)ccc1F. The van der Waals surface area contributed by atoms with Crippen LogP contribution in [0.25, 0.3) is 0 Å². The lowest BCUT2D eigenvalue weighted by Gasteiger charge is -2.42. The van der Waals surface area contributed by atoms with Crippen LogP contribution in [-0.4, -0.2) is 31.6 Å². The van der Waals surface area contributed by atoms with Gasteiger partial charge in [0.15, 0.2) is 0 Å². The Morgan fingerprint density at radius 2 is 2.15 bits per heavy atom. The molecule has 1 aliphatic rings. The summed E-state index contributed by atoms with van der Waals surface area (Å²) in [5.41, 5.74) is 0.512. The van der Waals surface area contributed by atoms with Crippen LogP contribution in [0.2, 0.25) is 0 Å². The molecule has 0 aromatic heterocycles. The molecule has 2 nitrogen and oxygen atoms in total. The summed E-state index contributed by atoms with van der Waals surface area (Å²) in [6.07, 6.45) is 3.21. The summed E-state index contributed by atoms with van der Waals surface area (Å²) in [5.74, 6) is -0.316. The molecule has 1 N–H and O–H groups in total. The fraction of sp³-hybridized carbons (Fsp3) is 0.625. The summed E-state index contributed by atoms with van der Waals surface area (Å²) in [7, 11) is 1.91. The van der Waals surface area contributed by atoms with Gasteiger partial charge >= 0.3 is 0 Å². The number of benzene rings is 1. The molecule has 1 fully saturated rings. The van der Waals surface area contributed by atoms with Crippen LogP contribution >= 0.6 is 0 Å². The van der Waals surface area contributed by atoms with Crippen LogP contribution < -0.4 is 5.32 Å². The van der Waals surface area contributed by atoms with Gasteiger partial charge in [-0.15, -0.1) is 0 Å². The van der Waals surface area contributed by atoms with Crippen LogP contribution in [0.15, 0.2) is 18.2 Å². The van der Waals surface area contributed by atoms with E-state index in [9.17, 15) is 8.78 Å². The Bertz CT molecular complexity index is 418. The Labute approximate surface area is 120 Å². The van der Waals surface area contributed by atoms with Crippen molar-refractivity contribution < 1.29 is 8.78 Å². The Morgan fingerprint density at radius 3 is 2.85 bits per heavy atom. The van der Waals surface area contributed by atoms with E-state index in [0.29, 0.717) is 11.5 Å². The van der Waals surface area contributed by atoms with E-state index < -0.39 is 0 Å². The number of nitrogens with one attached hydrogen (secondary N) is 1. The Balaban J connectivity index is 2.34. The van der Waals surface area contributed by atoms with Crippen molar-refractivity contribution in [3.05, 3.63) is 35.4 Å². The number of hydrogen-bond donors (Lipinski definition) is 1. The van der Waals surface area contributed by atoms with Crippen LogP contribution in [0, 0.1) is 17.6 Å². The summed E-state index contributed by atoms with van der Waals surface area (Å²) in [5, 5.41) is 3.19. The van der Waals surface area contributed by atoms with Crippen LogP contribution in [0.4, 0.5) is 8.78 Å². The van der Waals surface area contributed by atoms with Crippen LogP contribution in [-0.2, 0) is 0 Å². The second-order valence-corrected chi connectivity index (χ2v) is 5.61. The van der Waals surface area contributed by atoms with Crippen molar-refractivity contribution in [3.8, 4) is 0 Å². The van der Waals surface area contributed by atoms with Gasteiger partial charge in [-0.1, -0.05) is 6.92 Å². The van der Waals surface area contributed by atoms with Gasteiger partial charge in [0, 0.05) is 11.6 Å². The first-order valence-electron chi connectivity index (χ1n) is 7.51. The summed E-state index contributed by atoms with van der Waals surface area (Å²) in [4.78, 5) is 2.31. The second-order valence-electron chi connectivity index (χ2n) is 5.61. The van der Waals surface area contributed by atoms with E-state index >= 15 is 0 Å². The highest BCUT2D eigenvalue weighted by Gasteiger charge is 2.33. The van der Waals surface area contributed by atoms with Crippen molar-refractivity contribution in [3.63, 3.8) is 0 Å². The summed E-state index contributed by atoms with van der Waals surface area (Å²) in [6, 6.07) is 3.79. The zero-order valence-corrected chi connectivity index (χ0v) is 12.3. The first kappa shape index (κ1) is 15.4. The van der Waals surface area contributed by atoms with Crippen LogP contribution in [0.1, 0.15) is 37.8 Å². The van der Waals surface area contributed by atoms with Gasteiger partial charge in [-0.2, -0.15) is 0 Å². The minimum atomic E-state index is -0.355. The zero-order valence-electron chi connectivity index (χ0n) is 12.3. The maximum Gasteiger partial charge on any atom is 0.128 e. The van der Waals surface area contributed by atoms with E-state index in [0.717, 1.165) is 38.9 Å². The lowest BCUT2D eigenvalue weighted by atomic mass is 9.84. The molecule has 0 saturated carbocycles. The predicted octanol–water partition coefficient (Wildman–Crippen LogP) is 3.35. The number of hydrogen-bond acceptors (Lipinski definition) is 2. The van der Waals surface area contributed by atoms with Crippen LogP contribution in [0.5, 0.6) is 0 Å². The molecule has 0 bridgehead atoms. The van der Waals surface area contributed by atoms with Gasteiger partial charge in [0.25, 0.3) is 0 Å². The molecular weight excluding hydrogens is 258 g/mol. The molecule has 0 spiro atoms. The molecular formula is C16H24F2N2. The lowest BCUT2D eigenvalue weighted by Crippen LogP contribution is -2.42. The Hall–Kier alpha value is -1.00. The van der Waals surface area contributed by atoms with Gasteiger partial charge in [-0.05, 0) is 70.1 Å². The van der Waals surface area contributed by atoms with Crippen molar-refractivity contribution in [2.45, 2.75) is 32.2 Å². The molecule has 1 aliphatic heterocycles. The third-order valence-corrected chi connectivity index (χ3v) is 4.11. The van der Waals surface area contributed by atoms with Gasteiger partial charge < -0.3 is 5.32 Å². The molecule has 2 unspecified atom stereocenters. The molecule has 2 rings (SSSR count). The molecule has 0 amide bonds. The second kappa shape index (κ2) is 7.14. The van der Waals surface area contributed by atoms with Crippen LogP contribution in [0.3, 0.4) is 0 Å². The lowest BCUT2D eigenvalue weighted by molar-refractivity contribution is 0.0895. The molecule has 1 heterocycles. The minimum absolute atomic E-state index is 0.0214. The normalized spacial score (nSPS) is 24.0. The van der Waals surface area contributed by atoms with Crippen molar-refractivity contribution in [2.75, 3.05) is 26.7 Å². The highest BCUT2D eigenvalue weighted by atomic mass is 19.1. The number of likely N-dealkylation sites (tertiary alicyclic amines) is 1. The predicted molar refractivity (Wildman–Crippen MR) is 77.6 cm³/mol. The van der Waals surface area contributed by atoms with Gasteiger partial charge in [0.1, 0.15) is 11.6 Å². The van der Waals surface area contributed by atoms with E-state index in [1.807, 2.05) is 7.05 Å². The van der Waals surface area contributed by atoms with E-state index in [2.05, 4.69) is 17.1 Å². The topological polar surface area (TPSA) is 15.3 Å². The third-order valence-electron chi connectivity index (χ3n) is 4.11. The molecule has 112 valence electrons. The number of rotatable bonds is 5. The fourth-order valence-electron chi connectivity index (χ4n) is 3.36. The standard InChI is InChI=1S/C16H24F2N2/c1-3-8-20-9-4-5-12(11-19-2)16(20)14-10-13(17)6-7-15(14)18/h6-7,10,12,16,19H,3-5,8-9,11H2,1-2H3. The monoisotopic (exact) mass is 282 g/mol. The Kier molecular flexibility index (Phi) is 5.49. The van der Waals surface area contributed by atoms with Gasteiger partial charge in [-0.3, -0.25) is 4.90 Å². The molecule has 1 saturated heterocycles. The van der Waals surface area contributed by atoms with Gasteiger partial charge in [0.2, 0.25) is 0 Å². The zero-order chi connectivity index (χ0) is 14.5. The largest absolute Gasteiger partial charge is 0.319 e. The summed E-state index contributed by atoms with van der Waals surface area (Å²) < 4.78 is 27.7. The van der Waals surface area contributed by atoms with Gasteiger partial charge in [-0.25, -0.2) is 8.78 Å². The number of nitrogens with zero attached hydrogens (tertiary/aromatic N) is 1. The molecule has 2 atom stereocenters. The maximum atomic E-state index is 14.2. The maximum absolute atomic E-state index is 14.2. The molecule has 20 heavy (non-hydrogen) atoms. The Morgan fingerprint density at radius 1 is 1.35 bits per heavy atom. The van der Waals surface area contributed by atoms with Gasteiger partial charge in [0.05, 0.1) is 0 Å². The van der Waals surface area contributed by atoms with E-state index in [1.54, 1.807) is 0 Å². The van der Waals surface area contributed by atoms with Crippen molar-refractivity contribution in [1.82, 2.24) is 10.2 Å². The minimum Gasteiger partial charge on any atom is -0.319 e. The third kappa shape index (κ3) is 3.36. The number of halogens is 2. The first-order chi connectivity index (χ1) is 9.67. The summed E-state index contributed by atoms with van der Waals surface area (Å²) in [6.45, 7) is 4.86. The number of piperidine rings is 1. The average Bonchev–Trinajstić information content (AvgIpc) is 2.43. The van der Waals surface area contributed by atoms with Crippen molar-refractivity contribution in [2.24, 2.45) is 5.92 Å². The van der Waals surface area contributed by atoms with Crippen molar-refractivity contribution in [1.29, 1.82) is 0 Å². The molecule has 0 aliphatic carbocycles. The van der Waals surface area contributed by atoms with E-state index in [1.165, 1.54) is 18.2 Å². The molecule has 0 radical (unpaired) electrons. The van der Waals surface area contributed by atoms with Crippen molar-refractivity contribution >= 4 is 0 Å².